The highest BCUT2D eigenvalue weighted by molar-refractivity contribution is 5.76. The number of carbonyl (C=O) groups is 2. The van der Waals surface area contributed by atoms with Crippen LogP contribution in [0.4, 0.5) is 0 Å². The lowest BCUT2D eigenvalue weighted by molar-refractivity contribution is -0.143. The number of carbonyl (C=O) groups excluding carboxylic acids is 2. The van der Waals surface area contributed by atoms with Gasteiger partial charge in [0.15, 0.2) is 0 Å². The van der Waals surface area contributed by atoms with Gasteiger partial charge < -0.3 is 20.3 Å². The van der Waals surface area contributed by atoms with Gasteiger partial charge in [-0.2, -0.15) is 0 Å². The highest BCUT2D eigenvalue weighted by Crippen LogP contribution is 2.16. The number of aliphatic hydroxyl groups excluding tert-OH is 2. The van der Waals surface area contributed by atoms with E-state index in [0.717, 1.165) is 44.9 Å². The molecule has 0 saturated carbocycles. The first-order valence-corrected chi connectivity index (χ1v) is 27.1. The minimum atomic E-state index is -0.843. The van der Waals surface area contributed by atoms with Gasteiger partial charge in [0.05, 0.1) is 25.4 Å². The lowest BCUT2D eigenvalue weighted by Gasteiger charge is -2.20. The van der Waals surface area contributed by atoms with E-state index in [9.17, 15) is 19.8 Å². The van der Waals surface area contributed by atoms with Gasteiger partial charge in [0.1, 0.15) is 0 Å². The SMILES string of the molecule is CCCCCCCC/C=C\CCCCCCCC(=O)OCCCCCCCCCCCCCCCCCCCCCCC(=O)NC(CO)C(O)/C=C/CCCCCCCCC. The van der Waals surface area contributed by atoms with Crippen LogP contribution < -0.4 is 5.32 Å². The second kappa shape index (κ2) is 51.0. The molecular formula is C55H105NO5. The molecule has 2 unspecified atom stereocenters. The Morgan fingerprint density at radius 3 is 1.16 bits per heavy atom. The van der Waals surface area contributed by atoms with Crippen molar-refractivity contribution in [2.45, 2.75) is 302 Å². The fourth-order valence-corrected chi connectivity index (χ4v) is 8.27. The molecule has 0 aromatic rings. The molecule has 0 heterocycles. The van der Waals surface area contributed by atoms with E-state index in [1.807, 2.05) is 6.08 Å². The summed E-state index contributed by atoms with van der Waals surface area (Å²) in [7, 11) is 0. The molecule has 6 nitrogen and oxygen atoms in total. The fourth-order valence-electron chi connectivity index (χ4n) is 8.27. The average molecular weight is 860 g/mol. The average Bonchev–Trinajstić information content (AvgIpc) is 3.26. The van der Waals surface area contributed by atoms with Gasteiger partial charge in [-0.3, -0.25) is 9.59 Å². The zero-order chi connectivity index (χ0) is 44.4. The molecule has 0 aliphatic heterocycles. The number of ether oxygens (including phenoxy) is 1. The second-order valence-electron chi connectivity index (χ2n) is 18.6. The fraction of sp³-hybridized carbons (Fsp3) is 0.891. The van der Waals surface area contributed by atoms with Gasteiger partial charge in [0.2, 0.25) is 5.91 Å². The zero-order valence-corrected chi connectivity index (χ0v) is 40.9. The van der Waals surface area contributed by atoms with Gasteiger partial charge in [-0.05, 0) is 57.8 Å². The van der Waals surface area contributed by atoms with Crippen molar-refractivity contribution in [2.24, 2.45) is 0 Å². The van der Waals surface area contributed by atoms with Crippen molar-refractivity contribution in [1.29, 1.82) is 0 Å². The van der Waals surface area contributed by atoms with Gasteiger partial charge in [-0.15, -0.1) is 0 Å². The molecule has 0 aliphatic rings. The van der Waals surface area contributed by atoms with Crippen LogP contribution in [0.2, 0.25) is 0 Å². The molecule has 0 aromatic carbocycles. The molecule has 1 amide bonds. The second-order valence-corrected chi connectivity index (χ2v) is 18.6. The van der Waals surface area contributed by atoms with Crippen LogP contribution in [0.25, 0.3) is 0 Å². The van der Waals surface area contributed by atoms with E-state index >= 15 is 0 Å². The van der Waals surface area contributed by atoms with Crippen LogP contribution in [0.1, 0.15) is 290 Å². The molecule has 0 spiro atoms. The van der Waals surface area contributed by atoms with E-state index in [1.54, 1.807) is 6.08 Å². The first-order valence-electron chi connectivity index (χ1n) is 27.1. The van der Waals surface area contributed by atoms with Crippen molar-refractivity contribution in [3.05, 3.63) is 24.3 Å². The Labute approximate surface area is 380 Å². The molecular weight excluding hydrogens is 755 g/mol. The molecule has 0 aliphatic carbocycles. The molecule has 0 radical (unpaired) electrons. The quantitative estimate of drug-likeness (QED) is 0.0322. The van der Waals surface area contributed by atoms with Gasteiger partial charge in [0, 0.05) is 12.8 Å². The number of esters is 1. The molecule has 0 aromatic heterocycles. The van der Waals surface area contributed by atoms with Crippen molar-refractivity contribution in [3.8, 4) is 0 Å². The van der Waals surface area contributed by atoms with Gasteiger partial charge in [0.25, 0.3) is 0 Å². The predicted molar refractivity (Wildman–Crippen MR) is 264 cm³/mol. The number of allylic oxidation sites excluding steroid dienone is 3. The summed E-state index contributed by atoms with van der Waals surface area (Å²) in [4.78, 5) is 24.4. The summed E-state index contributed by atoms with van der Waals surface area (Å²) in [6, 6.07) is -0.627. The smallest absolute Gasteiger partial charge is 0.305 e. The van der Waals surface area contributed by atoms with Crippen LogP contribution in [0.5, 0.6) is 0 Å². The van der Waals surface area contributed by atoms with Crippen LogP contribution in [0.15, 0.2) is 24.3 Å². The van der Waals surface area contributed by atoms with Crippen molar-refractivity contribution < 1.29 is 24.5 Å². The highest BCUT2D eigenvalue weighted by atomic mass is 16.5. The summed E-state index contributed by atoms with van der Waals surface area (Å²) < 4.78 is 5.47. The van der Waals surface area contributed by atoms with Gasteiger partial charge in [-0.25, -0.2) is 0 Å². The maximum atomic E-state index is 12.4. The van der Waals surface area contributed by atoms with E-state index in [-0.39, 0.29) is 18.5 Å². The zero-order valence-electron chi connectivity index (χ0n) is 40.9. The molecule has 61 heavy (non-hydrogen) atoms. The number of nitrogens with one attached hydrogen (secondary N) is 1. The number of unbranched alkanes of at least 4 members (excludes halogenated alkanes) is 37. The van der Waals surface area contributed by atoms with E-state index in [4.69, 9.17) is 4.74 Å². The van der Waals surface area contributed by atoms with E-state index < -0.39 is 12.1 Å². The van der Waals surface area contributed by atoms with E-state index in [1.165, 1.54) is 218 Å². The molecule has 3 N–H and O–H groups in total. The molecule has 360 valence electrons. The highest BCUT2D eigenvalue weighted by Gasteiger charge is 2.18. The van der Waals surface area contributed by atoms with E-state index in [0.29, 0.717) is 19.4 Å². The number of hydrogen-bond acceptors (Lipinski definition) is 5. The third-order valence-corrected chi connectivity index (χ3v) is 12.5. The predicted octanol–water partition coefficient (Wildman–Crippen LogP) is 16.3. The minimum Gasteiger partial charge on any atom is -0.466 e. The van der Waals surface area contributed by atoms with Crippen LogP contribution in [-0.4, -0.2) is 47.4 Å². The van der Waals surface area contributed by atoms with Crippen LogP contribution in [0.3, 0.4) is 0 Å². The Hall–Kier alpha value is -1.66. The first-order chi connectivity index (χ1) is 30.0. The molecule has 0 fully saturated rings. The largest absolute Gasteiger partial charge is 0.466 e. The lowest BCUT2D eigenvalue weighted by Crippen LogP contribution is -2.45. The lowest BCUT2D eigenvalue weighted by atomic mass is 10.0. The molecule has 6 heteroatoms. The third kappa shape index (κ3) is 47.7. The monoisotopic (exact) mass is 860 g/mol. The number of amides is 1. The van der Waals surface area contributed by atoms with Crippen molar-refractivity contribution in [2.75, 3.05) is 13.2 Å². The van der Waals surface area contributed by atoms with Crippen LogP contribution >= 0.6 is 0 Å². The van der Waals surface area contributed by atoms with Gasteiger partial charge >= 0.3 is 5.97 Å². The first kappa shape index (κ1) is 59.3. The van der Waals surface area contributed by atoms with Gasteiger partial charge in [-0.1, -0.05) is 244 Å². The standard InChI is InChI=1S/C55H105NO5/c1-3-5-7-9-11-13-14-15-22-26-29-33-37-41-45-49-55(60)61-50-46-42-38-34-30-27-24-21-19-17-16-18-20-23-25-28-32-36-40-44-48-54(59)56-52(51-57)53(58)47-43-39-35-31-12-10-8-6-4-2/h15,22,43,47,52-53,57-58H,3-14,16-21,23-42,44-46,48-51H2,1-2H3,(H,56,59)/b22-15-,47-43+. The Bertz CT molecular complexity index is 951. The third-order valence-electron chi connectivity index (χ3n) is 12.5. The maximum absolute atomic E-state index is 12.4. The maximum Gasteiger partial charge on any atom is 0.305 e. The van der Waals surface area contributed by atoms with Crippen molar-refractivity contribution in [1.82, 2.24) is 5.32 Å². The van der Waals surface area contributed by atoms with Crippen molar-refractivity contribution >= 4 is 11.9 Å². The summed E-state index contributed by atoms with van der Waals surface area (Å²) >= 11 is 0. The molecule has 0 bridgehead atoms. The normalized spacial score (nSPS) is 12.8. The molecule has 0 rings (SSSR count). The van der Waals surface area contributed by atoms with Crippen LogP contribution in [0, 0.1) is 0 Å². The van der Waals surface area contributed by atoms with Crippen molar-refractivity contribution in [3.63, 3.8) is 0 Å². The molecule has 2 atom stereocenters. The summed E-state index contributed by atoms with van der Waals surface area (Å²) in [5.41, 5.74) is 0. The topological polar surface area (TPSA) is 95.9 Å². The Kier molecular flexibility index (Phi) is 49.6. The number of rotatable bonds is 50. The van der Waals surface area contributed by atoms with E-state index in [2.05, 4.69) is 31.3 Å². The summed E-state index contributed by atoms with van der Waals surface area (Å²) in [5, 5.41) is 22.9. The minimum absolute atomic E-state index is 0.00160. The summed E-state index contributed by atoms with van der Waals surface area (Å²) in [5.74, 6) is -0.0710. The number of hydrogen-bond donors (Lipinski definition) is 3. The Balaban J connectivity index is 3.38. The summed E-state index contributed by atoms with van der Waals surface area (Å²) in [6.07, 6.45) is 60.6. The molecule has 0 saturated heterocycles. The number of aliphatic hydroxyl groups is 2. The summed E-state index contributed by atoms with van der Waals surface area (Å²) in [6.45, 7) is 4.86. The van der Waals surface area contributed by atoms with Crippen LogP contribution in [-0.2, 0) is 14.3 Å². The Morgan fingerprint density at radius 2 is 0.770 bits per heavy atom. The Morgan fingerprint density at radius 1 is 0.443 bits per heavy atom.